The summed E-state index contributed by atoms with van der Waals surface area (Å²) in [7, 11) is 0. The van der Waals surface area contributed by atoms with Crippen LogP contribution < -0.4 is 0 Å². The fourth-order valence-electron chi connectivity index (χ4n) is 0.579. The lowest BCUT2D eigenvalue weighted by Gasteiger charge is -2.17. The van der Waals surface area contributed by atoms with Crippen molar-refractivity contribution < 1.29 is 4.74 Å². The van der Waals surface area contributed by atoms with Crippen LogP contribution in [0.1, 0.15) is 40.5 Å². The molecule has 0 unspecified atom stereocenters. The van der Waals surface area contributed by atoms with Crippen LogP contribution in [0.25, 0.3) is 0 Å². The normalized spacial score (nSPS) is 11.3. The molecular weight excluding hydrogens is 188 g/mol. The summed E-state index contributed by atoms with van der Waals surface area (Å²) in [5.74, 6) is 0. The summed E-state index contributed by atoms with van der Waals surface area (Å²) < 4.78 is 6.20. The summed E-state index contributed by atoms with van der Waals surface area (Å²) in [4.78, 5) is 0. The Morgan fingerprint density at radius 2 is 2.00 bits per heavy atom. The van der Waals surface area contributed by atoms with Gasteiger partial charge in [0.05, 0.1) is 6.61 Å². The van der Waals surface area contributed by atoms with Crippen LogP contribution in [-0.4, -0.2) is 15.7 Å². The molecule has 0 bridgehead atoms. The zero-order chi connectivity index (χ0) is 9.61. The van der Waals surface area contributed by atoms with Gasteiger partial charge < -0.3 is 4.74 Å². The van der Waals surface area contributed by atoms with Crippen LogP contribution in [0.5, 0.6) is 0 Å². The highest BCUT2D eigenvalue weighted by atomic mass is 32.2. The van der Waals surface area contributed by atoms with Crippen molar-refractivity contribution in [2.75, 3.05) is 6.61 Å². The Bertz CT molecular complexity index is 138. The predicted octanol–water partition coefficient (Wildman–Crippen LogP) is 3.62. The smallest absolute Gasteiger partial charge is 0.220 e. The van der Waals surface area contributed by atoms with E-state index in [1.165, 1.54) is 0 Å². The first-order valence-electron chi connectivity index (χ1n) is 4.31. The molecule has 0 heterocycles. The number of hydrogen-bond acceptors (Lipinski definition) is 3. The van der Waals surface area contributed by atoms with Crippen LogP contribution >= 0.6 is 24.0 Å². The van der Waals surface area contributed by atoms with E-state index in [1.54, 1.807) is 11.8 Å². The summed E-state index contributed by atoms with van der Waals surface area (Å²) in [6, 6.07) is 0. The summed E-state index contributed by atoms with van der Waals surface area (Å²) in [6.45, 7) is 9.30. The molecule has 0 amide bonds. The van der Waals surface area contributed by atoms with Gasteiger partial charge in [-0.1, -0.05) is 45.9 Å². The number of thioether (sulfide) groups is 1. The van der Waals surface area contributed by atoms with Gasteiger partial charge >= 0.3 is 0 Å². The number of hydrogen-bond donors (Lipinski definition) is 0. The molecule has 3 heteroatoms. The quantitative estimate of drug-likeness (QED) is 0.515. The molecule has 0 radical (unpaired) electrons. The van der Waals surface area contributed by atoms with Gasteiger partial charge in [-0.15, -0.1) is 0 Å². The molecule has 0 spiro atoms. The third-order valence-corrected chi connectivity index (χ3v) is 2.37. The molecule has 0 N–H and O–H groups in total. The van der Waals surface area contributed by atoms with E-state index < -0.39 is 0 Å². The van der Waals surface area contributed by atoms with Crippen LogP contribution in [0.3, 0.4) is 0 Å². The van der Waals surface area contributed by atoms with Crippen molar-refractivity contribution in [3.05, 3.63) is 0 Å². The Hall–Kier alpha value is 0.240. The molecule has 0 fully saturated rings. The minimum atomic E-state index is 0.170. The number of thiocarbonyl (C=S) groups is 1. The Morgan fingerprint density at radius 3 is 2.42 bits per heavy atom. The first-order valence-corrected chi connectivity index (χ1v) is 5.54. The minimum absolute atomic E-state index is 0.170. The van der Waals surface area contributed by atoms with Crippen molar-refractivity contribution in [2.45, 2.75) is 45.3 Å². The van der Waals surface area contributed by atoms with Crippen LogP contribution in [0.2, 0.25) is 0 Å². The van der Waals surface area contributed by atoms with E-state index in [0.717, 1.165) is 19.4 Å². The molecule has 0 aromatic heterocycles. The molecule has 0 saturated heterocycles. The van der Waals surface area contributed by atoms with Gasteiger partial charge in [-0.05, 0) is 18.6 Å². The summed E-state index contributed by atoms with van der Waals surface area (Å²) in [5.41, 5.74) is 0. The second-order valence-corrected chi connectivity index (χ2v) is 6.10. The van der Waals surface area contributed by atoms with Crippen LogP contribution in [0, 0.1) is 0 Å². The summed E-state index contributed by atoms with van der Waals surface area (Å²) >= 11 is 6.67. The highest BCUT2D eigenvalue weighted by molar-refractivity contribution is 8.23. The van der Waals surface area contributed by atoms with Crippen molar-refractivity contribution in [3.8, 4) is 0 Å². The van der Waals surface area contributed by atoms with Crippen LogP contribution in [0.4, 0.5) is 0 Å². The summed E-state index contributed by atoms with van der Waals surface area (Å²) in [6.07, 6.45) is 2.24. The summed E-state index contributed by atoms with van der Waals surface area (Å²) in [5, 5.41) is 0. The van der Waals surface area contributed by atoms with Gasteiger partial charge in [-0.25, -0.2) is 0 Å². The average Bonchev–Trinajstić information content (AvgIpc) is 1.84. The van der Waals surface area contributed by atoms with Crippen molar-refractivity contribution in [1.29, 1.82) is 0 Å². The zero-order valence-electron chi connectivity index (χ0n) is 8.35. The van der Waals surface area contributed by atoms with Gasteiger partial charge in [-0.2, -0.15) is 0 Å². The number of ether oxygens (including phenoxy) is 1. The van der Waals surface area contributed by atoms with Crippen LogP contribution in [0.15, 0.2) is 0 Å². The number of rotatable bonds is 3. The largest absolute Gasteiger partial charge is 0.479 e. The van der Waals surface area contributed by atoms with Gasteiger partial charge in [0.1, 0.15) is 0 Å². The lowest BCUT2D eigenvalue weighted by Crippen LogP contribution is -2.12. The van der Waals surface area contributed by atoms with Crippen molar-refractivity contribution in [3.63, 3.8) is 0 Å². The first-order chi connectivity index (χ1) is 5.45. The van der Waals surface area contributed by atoms with E-state index in [4.69, 9.17) is 17.0 Å². The fourth-order valence-corrected chi connectivity index (χ4v) is 2.05. The molecule has 0 atom stereocenters. The molecule has 0 aliphatic rings. The molecule has 0 saturated carbocycles. The fraction of sp³-hybridized carbons (Fsp3) is 0.889. The standard InChI is InChI=1S/C9H18OS2/c1-5-6-7-10-8(11)12-9(2,3)4/h5-7H2,1-4H3. The maximum atomic E-state index is 5.35. The van der Waals surface area contributed by atoms with Crippen LogP contribution in [-0.2, 0) is 4.74 Å². The molecule has 0 rings (SSSR count). The van der Waals surface area contributed by atoms with E-state index in [9.17, 15) is 0 Å². The molecular formula is C9H18OS2. The minimum Gasteiger partial charge on any atom is -0.479 e. The third kappa shape index (κ3) is 8.34. The molecule has 0 aromatic carbocycles. The first kappa shape index (κ1) is 12.2. The average molecular weight is 206 g/mol. The Morgan fingerprint density at radius 1 is 1.42 bits per heavy atom. The molecule has 12 heavy (non-hydrogen) atoms. The highest BCUT2D eigenvalue weighted by Crippen LogP contribution is 2.25. The van der Waals surface area contributed by atoms with E-state index in [2.05, 4.69) is 27.7 Å². The predicted molar refractivity (Wildman–Crippen MR) is 60.8 cm³/mol. The maximum absolute atomic E-state index is 5.35. The van der Waals surface area contributed by atoms with E-state index in [0.29, 0.717) is 4.38 Å². The topological polar surface area (TPSA) is 9.23 Å². The van der Waals surface area contributed by atoms with E-state index in [1.807, 2.05) is 0 Å². The SMILES string of the molecule is CCCCOC(=S)SC(C)(C)C. The van der Waals surface area contributed by atoms with Gasteiger partial charge in [0.15, 0.2) is 0 Å². The van der Waals surface area contributed by atoms with Gasteiger partial charge in [-0.3, -0.25) is 0 Å². The van der Waals surface area contributed by atoms with Gasteiger partial charge in [0, 0.05) is 4.75 Å². The zero-order valence-corrected chi connectivity index (χ0v) is 9.98. The van der Waals surface area contributed by atoms with Crippen molar-refractivity contribution in [1.82, 2.24) is 0 Å². The lowest BCUT2D eigenvalue weighted by molar-refractivity contribution is 0.313. The Balaban J connectivity index is 3.47. The Kier molecular flexibility index (Phi) is 5.93. The second-order valence-electron chi connectivity index (χ2n) is 3.67. The maximum Gasteiger partial charge on any atom is 0.220 e. The monoisotopic (exact) mass is 206 g/mol. The second kappa shape index (κ2) is 5.81. The van der Waals surface area contributed by atoms with Gasteiger partial charge in [0.2, 0.25) is 4.38 Å². The molecule has 72 valence electrons. The van der Waals surface area contributed by atoms with E-state index in [-0.39, 0.29) is 4.75 Å². The van der Waals surface area contributed by atoms with Crippen molar-refractivity contribution in [2.24, 2.45) is 0 Å². The number of unbranched alkanes of at least 4 members (excludes halogenated alkanes) is 1. The Labute approximate surface area is 85.3 Å². The third-order valence-electron chi connectivity index (χ3n) is 1.11. The molecule has 0 aliphatic carbocycles. The molecule has 0 aliphatic heterocycles. The van der Waals surface area contributed by atoms with Gasteiger partial charge in [0.25, 0.3) is 0 Å². The molecule has 1 nitrogen and oxygen atoms in total. The molecule has 0 aromatic rings. The van der Waals surface area contributed by atoms with E-state index >= 15 is 0 Å². The lowest BCUT2D eigenvalue weighted by atomic mass is 10.3. The highest BCUT2D eigenvalue weighted by Gasteiger charge is 2.14. The van der Waals surface area contributed by atoms with Crippen molar-refractivity contribution >= 4 is 28.4 Å².